The summed E-state index contributed by atoms with van der Waals surface area (Å²) in [4.78, 5) is 50.1. The van der Waals surface area contributed by atoms with Gasteiger partial charge in [0.2, 0.25) is 11.9 Å². The number of rotatable bonds is 4. The number of nitrogens with one attached hydrogen (secondary N) is 2. The van der Waals surface area contributed by atoms with Gasteiger partial charge < -0.3 is 19.9 Å². The maximum Gasteiger partial charge on any atom is 0.326 e. The van der Waals surface area contributed by atoms with Gasteiger partial charge in [0.15, 0.2) is 0 Å². The third-order valence-corrected chi connectivity index (χ3v) is 5.05. The van der Waals surface area contributed by atoms with E-state index in [4.69, 9.17) is 4.74 Å². The lowest BCUT2D eigenvalue weighted by Gasteiger charge is -2.36. The number of nitrogens with zero attached hydrogens (tertiary/aromatic N) is 5. The molecule has 154 valence electrons. The molecule has 11 heteroatoms. The van der Waals surface area contributed by atoms with Crippen molar-refractivity contribution in [1.29, 1.82) is 0 Å². The average molecular weight is 401 g/mol. The zero-order valence-corrected chi connectivity index (χ0v) is 16.0. The summed E-state index contributed by atoms with van der Waals surface area (Å²) in [6.07, 6.45) is 3.14. The van der Waals surface area contributed by atoms with Crippen molar-refractivity contribution in [3.8, 4) is 0 Å². The Morgan fingerprint density at radius 3 is 2.55 bits per heavy atom. The minimum absolute atomic E-state index is 0.142. The summed E-state index contributed by atoms with van der Waals surface area (Å²) in [5.74, 6) is 0.223. The molecule has 3 saturated heterocycles. The number of carbonyl (C=O) groups excluding carboxylic acids is 3. The molecule has 3 aliphatic heterocycles. The molecule has 4 amide bonds. The van der Waals surface area contributed by atoms with Crippen LogP contribution in [-0.2, 0) is 14.3 Å². The smallest absolute Gasteiger partial charge is 0.326 e. The Hall–Kier alpha value is -3.05. The number of aromatic nitrogens is 2. The van der Waals surface area contributed by atoms with Crippen LogP contribution in [0.25, 0.3) is 6.08 Å². The van der Waals surface area contributed by atoms with Gasteiger partial charge in [0.05, 0.1) is 25.5 Å². The largest absolute Gasteiger partial charge is 0.378 e. The highest BCUT2D eigenvalue weighted by molar-refractivity contribution is 6.13. The molecular weight excluding hydrogens is 378 g/mol. The number of imide groups is 1. The average Bonchev–Trinajstić information content (AvgIpc) is 3.06. The van der Waals surface area contributed by atoms with Crippen molar-refractivity contribution in [3.05, 3.63) is 23.7 Å². The van der Waals surface area contributed by atoms with Crippen LogP contribution < -0.4 is 15.5 Å². The highest BCUT2D eigenvalue weighted by atomic mass is 16.5. The number of anilines is 1. The minimum Gasteiger partial charge on any atom is -0.378 e. The molecular formula is C18H23N7O4. The van der Waals surface area contributed by atoms with Crippen LogP contribution in [-0.4, -0.2) is 96.6 Å². The molecule has 0 radical (unpaired) electrons. The fourth-order valence-electron chi connectivity index (χ4n) is 3.43. The van der Waals surface area contributed by atoms with E-state index in [9.17, 15) is 14.4 Å². The Labute approximate surface area is 167 Å². The van der Waals surface area contributed by atoms with Gasteiger partial charge in [-0.1, -0.05) is 0 Å². The molecule has 0 aromatic carbocycles. The molecule has 3 fully saturated rings. The number of hydrogen-bond acceptors (Lipinski definition) is 8. The van der Waals surface area contributed by atoms with Gasteiger partial charge in [-0.3, -0.25) is 19.8 Å². The molecule has 0 atom stereocenters. The first kappa shape index (κ1) is 19.3. The van der Waals surface area contributed by atoms with Crippen LogP contribution in [0.5, 0.6) is 0 Å². The third-order valence-electron chi connectivity index (χ3n) is 5.05. The van der Waals surface area contributed by atoms with E-state index in [1.54, 1.807) is 12.3 Å². The highest BCUT2D eigenvalue weighted by Gasteiger charge is 2.25. The van der Waals surface area contributed by atoms with Crippen molar-refractivity contribution in [2.75, 3.05) is 63.9 Å². The second kappa shape index (κ2) is 8.53. The molecule has 1 aromatic rings. The summed E-state index contributed by atoms with van der Waals surface area (Å²) in [5.41, 5.74) is 0.693. The first-order valence-corrected chi connectivity index (χ1v) is 9.58. The van der Waals surface area contributed by atoms with E-state index in [2.05, 4.69) is 25.5 Å². The molecule has 11 nitrogen and oxygen atoms in total. The van der Waals surface area contributed by atoms with Crippen molar-refractivity contribution in [3.63, 3.8) is 0 Å². The first-order valence-electron chi connectivity index (χ1n) is 9.58. The van der Waals surface area contributed by atoms with Crippen LogP contribution in [0, 0.1) is 0 Å². The predicted octanol–water partition coefficient (Wildman–Crippen LogP) is -1.36. The maximum absolute atomic E-state index is 12.4. The van der Waals surface area contributed by atoms with Crippen LogP contribution in [0.3, 0.4) is 0 Å². The van der Waals surface area contributed by atoms with E-state index in [1.165, 1.54) is 6.08 Å². The van der Waals surface area contributed by atoms with Crippen LogP contribution >= 0.6 is 0 Å². The van der Waals surface area contributed by atoms with Crippen LogP contribution in [0.2, 0.25) is 0 Å². The Morgan fingerprint density at radius 2 is 1.86 bits per heavy atom. The van der Waals surface area contributed by atoms with Gasteiger partial charge in [-0.2, -0.15) is 0 Å². The third kappa shape index (κ3) is 4.69. The van der Waals surface area contributed by atoms with Crippen molar-refractivity contribution < 1.29 is 19.1 Å². The lowest BCUT2D eigenvalue weighted by atomic mass is 10.3. The topological polar surface area (TPSA) is 120 Å². The van der Waals surface area contributed by atoms with Crippen molar-refractivity contribution in [2.24, 2.45) is 0 Å². The van der Waals surface area contributed by atoms with E-state index in [0.29, 0.717) is 57.6 Å². The Morgan fingerprint density at radius 1 is 1.10 bits per heavy atom. The summed E-state index contributed by atoms with van der Waals surface area (Å²) in [5, 5.41) is 4.59. The molecule has 0 bridgehead atoms. The minimum atomic E-state index is -0.543. The summed E-state index contributed by atoms with van der Waals surface area (Å²) in [6, 6.07) is 1.13. The summed E-state index contributed by atoms with van der Waals surface area (Å²) in [7, 11) is 0. The number of carbonyl (C=O) groups is 3. The molecule has 0 saturated carbocycles. The number of ether oxygens (including phenoxy) is 1. The lowest BCUT2D eigenvalue weighted by Crippen LogP contribution is -2.51. The van der Waals surface area contributed by atoms with Crippen LogP contribution in [0.1, 0.15) is 5.69 Å². The monoisotopic (exact) mass is 401 g/mol. The first-order chi connectivity index (χ1) is 14.1. The molecule has 0 spiro atoms. The van der Waals surface area contributed by atoms with E-state index in [1.807, 2.05) is 9.80 Å². The van der Waals surface area contributed by atoms with Gasteiger partial charge in [-0.15, -0.1) is 0 Å². The van der Waals surface area contributed by atoms with Crippen molar-refractivity contribution in [2.45, 2.75) is 0 Å². The van der Waals surface area contributed by atoms with Crippen LogP contribution in [0.4, 0.5) is 10.7 Å². The molecule has 3 aliphatic rings. The summed E-state index contributed by atoms with van der Waals surface area (Å²) >= 11 is 0. The standard InChI is InChI=1S/C18H23N7O4/c26-15(24-7-9-29-10-8-24)12-23-3-5-25(6-4-23)17-19-2-1-13(20-17)11-14-16(27)22-18(28)21-14/h1-2,11H,3-10,12H2,(H2,21,22,27,28). The second-order valence-electron chi connectivity index (χ2n) is 7.00. The molecule has 1 aromatic heterocycles. The predicted molar refractivity (Wildman–Crippen MR) is 103 cm³/mol. The number of urea groups is 1. The maximum atomic E-state index is 12.4. The van der Waals surface area contributed by atoms with Crippen molar-refractivity contribution in [1.82, 2.24) is 30.4 Å². The molecule has 4 heterocycles. The van der Waals surface area contributed by atoms with E-state index >= 15 is 0 Å². The number of hydrogen-bond donors (Lipinski definition) is 2. The van der Waals surface area contributed by atoms with Gasteiger partial charge in [0.25, 0.3) is 5.91 Å². The Balaban J connectivity index is 1.33. The SMILES string of the molecule is O=C1NC(=O)C(=Cc2ccnc(N3CCN(CC(=O)N4CCOCC4)CC3)n2)N1. The fourth-order valence-corrected chi connectivity index (χ4v) is 3.43. The summed E-state index contributed by atoms with van der Waals surface area (Å²) in [6.45, 7) is 5.83. The van der Waals surface area contributed by atoms with Gasteiger partial charge in [-0.25, -0.2) is 14.8 Å². The lowest BCUT2D eigenvalue weighted by molar-refractivity contribution is -0.136. The molecule has 0 aliphatic carbocycles. The quantitative estimate of drug-likeness (QED) is 0.469. The van der Waals surface area contributed by atoms with E-state index < -0.39 is 11.9 Å². The van der Waals surface area contributed by atoms with Crippen molar-refractivity contribution >= 4 is 29.9 Å². The zero-order chi connectivity index (χ0) is 20.2. The molecule has 2 N–H and O–H groups in total. The fraction of sp³-hybridized carbons (Fsp3) is 0.500. The Kier molecular flexibility index (Phi) is 5.67. The van der Waals surface area contributed by atoms with Gasteiger partial charge in [0, 0.05) is 45.5 Å². The normalized spacial score (nSPS) is 22.0. The number of piperazine rings is 1. The van der Waals surface area contributed by atoms with Gasteiger partial charge in [0.1, 0.15) is 5.70 Å². The molecule has 29 heavy (non-hydrogen) atoms. The number of morpholine rings is 1. The van der Waals surface area contributed by atoms with E-state index in [0.717, 1.165) is 13.1 Å². The Bertz CT molecular complexity index is 829. The molecule has 4 rings (SSSR count). The zero-order valence-electron chi connectivity index (χ0n) is 16.0. The molecule has 0 unspecified atom stereocenters. The van der Waals surface area contributed by atoms with Crippen LogP contribution in [0.15, 0.2) is 18.0 Å². The second-order valence-corrected chi connectivity index (χ2v) is 7.00. The summed E-state index contributed by atoms with van der Waals surface area (Å²) < 4.78 is 5.29. The van der Waals surface area contributed by atoms with Gasteiger partial charge in [-0.05, 0) is 12.1 Å². The highest BCUT2D eigenvalue weighted by Crippen LogP contribution is 2.14. The van der Waals surface area contributed by atoms with Gasteiger partial charge >= 0.3 is 6.03 Å². The van der Waals surface area contributed by atoms with E-state index in [-0.39, 0.29) is 11.6 Å². The number of amides is 4.